The van der Waals surface area contributed by atoms with Gasteiger partial charge in [-0.3, -0.25) is 14.7 Å². The number of carbonyl (C=O) groups excluding carboxylic acids is 1. The number of hydrogen-bond acceptors (Lipinski definition) is 7. The molecule has 2 rings (SSSR count). The Balaban J connectivity index is 2.40. The molecule has 0 spiro atoms. The van der Waals surface area contributed by atoms with Gasteiger partial charge in [0.05, 0.1) is 24.3 Å². The maximum atomic E-state index is 11.7. The maximum absolute atomic E-state index is 11.7. The van der Waals surface area contributed by atoms with Gasteiger partial charge < -0.3 is 9.15 Å². The van der Waals surface area contributed by atoms with Crippen molar-refractivity contribution in [1.82, 2.24) is 9.55 Å². The number of esters is 1. The van der Waals surface area contributed by atoms with E-state index in [2.05, 4.69) is 9.72 Å². The molecule has 2 aromatic heterocycles. The highest BCUT2D eigenvalue weighted by molar-refractivity contribution is 5.86. The van der Waals surface area contributed by atoms with E-state index in [1.165, 1.54) is 19.2 Å². The Morgan fingerprint density at radius 3 is 2.86 bits per heavy atom. The zero-order chi connectivity index (χ0) is 15.6. The highest BCUT2D eigenvalue weighted by Gasteiger charge is 2.19. The number of ether oxygens (including phenoxy) is 1. The van der Waals surface area contributed by atoms with E-state index >= 15 is 0 Å². The lowest BCUT2D eigenvalue weighted by molar-refractivity contribution is -0.385. The van der Waals surface area contributed by atoms with E-state index in [1.807, 2.05) is 0 Å². The molecule has 0 aliphatic carbocycles. The molecule has 0 saturated heterocycles. The highest BCUT2D eigenvalue weighted by Crippen LogP contribution is 2.20. The molecule has 9 heteroatoms. The third-order valence-electron chi connectivity index (χ3n) is 2.85. The van der Waals surface area contributed by atoms with Crippen LogP contribution in [0.4, 0.5) is 5.69 Å². The third kappa shape index (κ3) is 2.81. The first-order valence-corrected chi connectivity index (χ1v) is 5.84. The number of carbonyl (C=O) groups is 1. The second-order valence-corrected chi connectivity index (χ2v) is 4.13. The minimum absolute atomic E-state index is 0.0224. The van der Waals surface area contributed by atoms with E-state index in [4.69, 9.17) is 4.42 Å². The molecule has 0 aliphatic heterocycles. The van der Waals surface area contributed by atoms with Crippen molar-refractivity contribution in [2.75, 3.05) is 7.11 Å². The number of hydrogen-bond donors (Lipinski definition) is 0. The molecule has 0 amide bonds. The molecule has 0 N–H and O–H groups in total. The van der Waals surface area contributed by atoms with E-state index in [0.29, 0.717) is 0 Å². The number of rotatable bonds is 4. The fourth-order valence-electron chi connectivity index (χ4n) is 1.72. The first-order chi connectivity index (χ1) is 9.93. The van der Waals surface area contributed by atoms with Gasteiger partial charge in [-0.2, -0.15) is 4.98 Å². The summed E-state index contributed by atoms with van der Waals surface area (Å²) in [5.74, 6) is -0.399. The average Bonchev–Trinajstić information content (AvgIpc) is 2.95. The molecule has 9 nitrogen and oxygen atoms in total. The van der Waals surface area contributed by atoms with Gasteiger partial charge in [-0.05, 0) is 19.1 Å². The van der Waals surface area contributed by atoms with Crippen LogP contribution in [-0.2, 0) is 4.74 Å². The predicted octanol–water partition coefficient (Wildman–Crippen LogP) is 1.14. The van der Waals surface area contributed by atoms with Crippen molar-refractivity contribution >= 4 is 11.7 Å². The highest BCUT2D eigenvalue weighted by atomic mass is 16.6. The van der Waals surface area contributed by atoms with Crippen LogP contribution >= 0.6 is 0 Å². The number of furan rings is 1. The van der Waals surface area contributed by atoms with Crippen LogP contribution in [0.5, 0.6) is 0 Å². The fourth-order valence-corrected chi connectivity index (χ4v) is 1.72. The van der Waals surface area contributed by atoms with Crippen LogP contribution in [0, 0.1) is 10.1 Å². The second kappa shape index (κ2) is 5.57. The van der Waals surface area contributed by atoms with Gasteiger partial charge >= 0.3 is 17.3 Å². The Morgan fingerprint density at radius 1 is 1.52 bits per heavy atom. The molecule has 0 radical (unpaired) electrons. The standard InChI is InChI=1S/C12H11N3O6/c1-7(9-3-4-10(21-9)11(16)20-2)14-6-8(15(18)19)5-13-12(14)17/h3-7H,1-2H3. The molecular weight excluding hydrogens is 282 g/mol. The quantitative estimate of drug-likeness (QED) is 0.471. The van der Waals surface area contributed by atoms with Crippen LogP contribution < -0.4 is 5.69 Å². The summed E-state index contributed by atoms with van der Waals surface area (Å²) in [5, 5.41) is 10.7. The van der Waals surface area contributed by atoms with Crippen molar-refractivity contribution in [3.8, 4) is 0 Å². The third-order valence-corrected chi connectivity index (χ3v) is 2.85. The van der Waals surface area contributed by atoms with E-state index in [1.54, 1.807) is 6.92 Å². The lowest BCUT2D eigenvalue weighted by Crippen LogP contribution is -2.25. The lowest BCUT2D eigenvalue weighted by Gasteiger charge is -2.11. The van der Waals surface area contributed by atoms with E-state index in [-0.39, 0.29) is 17.2 Å². The average molecular weight is 293 g/mol. The molecule has 0 aliphatic rings. The number of nitro groups is 1. The van der Waals surface area contributed by atoms with Gasteiger partial charge in [0, 0.05) is 0 Å². The minimum Gasteiger partial charge on any atom is -0.463 e. The Kier molecular flexibility index (Phi) is 3.83. The molecule has 2 heterocycles. The summed E-state index contributed by atoms with van der Waals surface area (Å²) in [6, 6.07) is 2.22. The van der Waals surface area contributed by atoms with Gasteiger partial charge in [-0.1, -0.05) is 0 Å². The Bertz CT molecular complexity index is 747. The summed E-state index contributed by atoms with van der Waals surface area (Å²) in [6.07, 6.45) is 1.95. The van der Waals surface area contributed by atoms with Gasteiger partial charge in [0.15, 0.2) is 0 Å². The van der Waals surface area contributed by atoms with Gasteiger partial charge in [0.25, 0.3) is 0 Å². The number of nitrogens with zero attached hydrogens (tertiary/aromatic N) is 3. The smallest absolute Gasteiger partial charge is 0.373 e. The summed E-state index contributed by atoms with van der Waals surface area (Å²) in [5.41, 5.74) is -0.981. The van der Waals surface area contributed by atoms with Gasteiger partial charge in [0.1, 0.15) is 12.0 Å². The fraction of sp³-hybridized carbons (Fsp3) is 0.250. The number of methoxy groups -OCH3 is 1. The molecule has 0 bridgehead atoms. The summed E-state index contributed by atoms with van der Waals surface area (Å²) >= 11 is 0. The monoisotopic (exact) mass is 293 g/mol. The molecule has 0 aromatic carbocycles. The second-order valence-electron chi connectivity index (χ2n) is 4.13. The predicted molar refractivity (Wildman–Crippen MR) is 69.0 cm³/mol. The van der Waals surface area contributed by atoms with E-state index in [9.17, 15) is 19.7 Å². The van der Waals surface area contributed by atoms with Crippen molar-refractivity contribution in [2.45, 2.75) is 13.0 Å². The summed E-state index contributed by atoms with van der Waals surface area (Å²) in [4.78, 5) is 36.5. The first kappa shape index (κ1) is 14.4. The maximum Gasteiger partial charge on any atom is 0.373 e. The topological polar surface area (TPSA) is 117 Å². The van der Waals surface area contributed by atoms with E-state index < -0.39 is 22.6 Å². The van der Waals surface area contributed by atoms with Crippen molar-refractivity contribution in [1.29, 1.82) is 0 Å². The molecule has 21 heavy (non-hydrogen) atoms. The Hall–Kier alpha value is -2.97. The molecule has 110 valence electrons. The van der Waals surface area contributed by atoms with Gasteiger partial charge in [-0.25, -0.2) is 9.59 Å². The van der Waals surface area contributed by atoms with Crippen LogP contribution in [0.3, 0.4) is 0 Å². The van der Waals surface area contributed by atoms with Crippen LogP contribution in [-0.4, -0.2) is 27.6 Å². The Morgan fingerprint density at radius 2 is 2.24 bits per heavy atom. The van der Waals surface area contributed by atoms with Crippen molar-refractivity contribution in [2.24, 2.45) is 0 Å². The zero-order valence-electron chi connectivity index (χ0n) is 11.2. The van der Waals surface area contributed by atoms with Crippen LogP contribution in [0.2, 0.25) is 0 Å². The molecule has 2 aromatic rings. The summed E-state index contributed by atoms with van der Waals surface area (Å²) < 4.78 is 10.8. The van der Waals surface area contributed by atoms with Crippen LogP contribution in [0.1, 0.15) is 29.3 Å². The van der Waals surface area contributed by atoms with Crippen LogP contribution in [0.15, 0.2) is 33.7 Å². The molecule has 0 saturated carbocycles. The molecule has 1 unspecified atom stereocenters. The Labute approximate surface area is 117 Å². The largest absolute Gasteiger partial charge is 0.463 e. The zero-order valence-corrected chi connectivity index (χ0v) is 11.2. The van der Waals surface area contributed by atoms with Crippen molar-refractivity contribution in [3.63, 3.8) is 0 Å². The minimum atomic E-state index is -0.664. The lowest BCUT2D eigenvalue weighted by atomic mass is 10.2. The molecule has 1 atom stereocenters. The first-order valence-electron chi connectivity index (χ1n) is 5.84. The van der Waals surface area contributed by atoms with Crippen LogP contribution in [0.25, 0.3) is 0 Å². The van der Waals surface area contributed by atoms with Crippen molar-refractivity contribution in [3.05, 3.63) is 56.6 Å². The normalized spacial score (nSPS) is 11.9. The molecular formula is C12H11N3O6. The summed E-state index contributed by atoms with van der Waals surface area (Å²) in [7, 11) is 1.21. The molecule has 0 fully saturated rings. The summed E-state index contributed by atoms with van der Waals surface area (Å²) in [6.45, 7) is 1.59. The van der Waals surface area contributed by atoms with E-state index in [0.717, 1.165) is 17.0 Å². The van der Waals surface area contributed by atoms with Crippen molar-refractivity contribution < 1.29 is 18.9 Å². The van der Waals surface area contributed by atoms with Gasteiger partial charge in [0.2, 0.25) is 5.76 Å². The SMILES string of the molecule is COC(=O)c1ccc(C(C)n2cc([N+](=O)[O-])cnc2=O)o1. The van der Waals surface area contributed by atoms with Gasteiger partial charge in [-0.15, -0.1) is 0 Å². The number of aromatic nitrogens is 2.